The third-order valence-electron chi connectivity index (χ3n) is 3.83. The molecule has 2 rings (SSSR count). The zero-order valence-electron chi connectivity index (χ0n) is 12.3. The molecule has 0 radical (unpaired) electrons. The minimum absolute atomic E-state index is 0.0777. The van der Waals surface area contributed by atoms with E-state index in [1.807, 2.05) is 27.7 Å². The second-order valence-electron chi connectivity index (χ2n) is 6.83. The number of rotatable bonds is 0. The number of hydrogen-bond donors (Lipinski definition) is 1. The van der Waals surface area contributed by atoms with Gasteiger partial charge in [0.05, 0.1) is 18.3 Å². The molecule has 5 heteroatoms. The number of nitrogens with zero attached hydrogens (tertiary/aromatic N) is 1. The van der Waals surface area contributed by atoms with E-state index in [4.69, 9.17) is 9.47 Å². The molecule has 110 valence electrons. The summed E-state index contributed by atoms with van der Waals surface area (Å²) in [4.78, 5) is 13.9. The lowest BCUT2D eigenvalue weighted by Crippen LogP contribution is -2.52. The molecule has 0 aromatic heterocycles. The number of carbonyl (C=O) groups is 1. The Bertz CT molecular complexity index is 352. The van der Waals surface area contributed by atoms with Gasteiger partial charge in [-0.15, -0.1) is 0 Å². The Morgan fingerprint density at radius 1 is 1.42 bits per heavy atom. The maximum absolute atomic E-state index is 12.1. The number of piperidine rings is 1. The van der Waals surface area contributed by atoms with Crippen LogP contribution in [0.15, 0.2) is 0 Å². The molecule has 0 bridgehead atoms. The van der Waals surface area contributed by atoms with Crippen LogP contribution >= 0.6 is 0 Å². The third kappa shape index (κ3) is 3.39. The van der Waals surface area contributed by atoms with Gasteiger partial charge in [-0.3, -0.25) is 0 Å². The van der Waals surface area contributed by atoms with Crippen LogP contribution in [0, 0.1) is 0 Å². The van der Waals surface area contributed by atoms with Crippen molar-refractivity contribution in [3.05, 3.63) is 0 Å². The fraction of sp³-hybridized carbons (Fsp3) is 0.929. The second-order valence-corrected chi connectivity index (χ2v) is 6.83. The van der Waals surface area contributed by atoms with E-state index in [2.05, 4.69) is 0 Å². The molecule has 2 heterocycles. The quantitative estimate of drug-likeness (QED) is 0.731. The summed E-state index contributed by atoms with van der Waals surface area (Å²) in [5, 5.41) is 9.63. The summed E-state index contributed by atoms with van der Waals surface area (Å²) in [5.41, 5.74) is -0.705. The van der Waals surface area contributed by atoms with E-state index in [1.54, 1.807) is 4.90 Å². The summed E-state index contributed by atoms with van der Waals surface area (Å²) < 4.78 is 11.2. The van der Waals surface area contributed by atoms with Gasteiger partial charge >= 0.3 is 6.09 Å². The minimum Gasteiger partial charge on any atom is -0.444 e. The first-order valence-corrected chi connectivity index (χ1v) is 7.02. The zero-order chi connectivity index (χ0) is 14.3. The van der Waals surface area contributed by atoms with Crippen molar-refractivity contribution in [1.29, 1.82) is 0 Å². The summed E-state index contributed by atoms with van der Waals surface area (Å²) in [6.45, 7) is 8.67. The molecule has 0 saturated carbocycles. The van der Waals surface area contributed by atoms with Crippen LogP contribution in [-0.4, -0.2) is 52.6 Å². The third-order valence-corrected chi connectivity index (χ3v) is 3.83. The average Bonchev–Trinajstić information content (AvgIpc) is 2.57. The van der Waals surface area contributed by atoms with Gasteiger partial charge in [-0.1, -0.05) is 0 Å². The first-order chi connectivity index (χ1) is 8.71. The van der Waals surface area contributed by atoms with Crippen molar-refractivity contribution < 1.29 is 19.4 Å². The molecule has 19 heavy (non-hydrogen) atoms. The molecule has 1 spiro atoms. The van der Waals surface area contributed by atoms with E-state index in [9.17, 15) is 9.90 Å². The molecule has 3 unspecified atom stereocenters. The van der Waals surface area contributed by atoms with E-state index in [0.29, 0.717) is 19.6 Å². The van der Waals surface area contributed by atoms with Crippen molar-refractivity contribution in [2.75, 3.05) is 13.2 Å². The molecule has 1 amide bonds. The number of likely N-dealkylation sites (tertiary alicyclic amines) is 1. The van der Waals surface area contributed by atoms with Crippen LogP contribution < -0.4 is 0 Å². The minimum atomic E-state index is -0.466. The second kappa shape index (κ2) is 4.94. The maximum atomic E-state index is 12.1. The molecule has 2 fully saturated rings. The van der Waals surface area contributed by atoms with E-state index < -0.39 is 5.60 Å². The van der Waals surface area contributed by atoms with Crippen molar-refractivity contribution >= 4 is 6.09 Å². The van der Waals surface area contributed by atoms with Crippen LogP contribution in [0.1, 0.15) is 47.0 Å². The molecule has 0 aromatic rings. The smallest absolute Gasteiger partial charge is 0.410 e. The van der Waals surface area contributed by atoms with Gasteiger partial charge in [-0.25, -0.2) is 4.79 Å². The van der Waals surface area contributed by atoms with Crippen molar-refractivity contribution in [3.8, 4) is 0 Å². The zero-order valence-corrected chi connectivity index (χ0v) is 12.3. The van der Waals surface area contributed by atoms with Crippen LogP contribution in [0.2, 0.25) is 0 Å². The molecule has 2 saturated heterocycles. The van der Waals surface area contributed by atoms with Gasteiger partial charge in [-0.2, -0.15) is 0 Å². The van der Waals surface area contributed by atoms with Gasteiger partial charge in [0.2, 0.25) is 0 Å². The van der Waals surface area contributed by atoms with Crippen LogP contribution in [0.3, 0.4) is 0 Å². The lowest BCUT2D eigenvalue weighted by atomic mass is 9.84. The Kier molecular flexibility index (Phi) is 3.80. The number of carbonyl (C=O) groups excluding carboxylic acids is 1. The number of ether oxygens (including phenoxy) is 2. The van der Waals surface area contributed by atoms with Gasteiger partial charge in [0.25, 0.3) is 0 Å². The average molecular weight is 271 g/mol. The predicted molar refractivity (Wildman–Crippen MR) is 70.9 cm³/mol. The Balaban J connectivity index is 1.95. The highest BCUT2D eigenvalue weighted by Crippen LogP contribution is 2.38. The molecule has 2 aliphatic rings. The summed E-state index contributed by atoms with van der Waals surface area (Å²) >= 11 is 0. The van der Waals surface area contributed by atoms with Crippen molar-refractivity contribution in [2.45, 2.75) is 70.3 Å². The first kappa shape index (κ1) is 14.6. The highest BCUT2D eigenvalue weighted by atomic mass is 16.6. The molecular formula is C14H25NO4. The molecular weight excluding hydrogens is 246 g/mol. The van der Waals surface area contributed by atoms with Gasteiger partial charge in [0.15, 0.2) is 0 Å². The molecule has 2 aliphatic heterocycles. The lowest BCUT2D eigenvalue weighted by Gasteiger charge is -2.43. The Morgan fingerprint density at radius 3 is 2.58 bits per heavy atom. The SMILES string of the molecule is CC1CC2(CCN1C(=O)OC(C)(C)C)CC(O)CO2. The van der Waals surface area contributed by atoms with Crippen molar-refractivity contribution in [3.63, 3.8) is 0 Å². The van der Waals surface area contributed by atoms with Crippen LogP contribution in [0.4, 0.5) is 4.79 Å². The highest BCUT2D eigenvalue weighted by Gasteiger charge is 2.46. The van der Waals surface area contributed by atoms with Gasteiger partial charge in [0.1, 0.15) is 5.60 Å². The Hall–Kier alpha value is -0.810. The van der Waals surface area contributed by atoms with E-state index in [1.165, 1.54) is 0 Å². The number of amides is 1. The highest BCUT2D eigenvalue weighted by molar-refractivity contribution is 5.68. The van der Waals surface area contributed by atoms with Gasteiger partial charge in [0, 0.05) is 19.0 Å². The number of aliphatic hydroxyl groups excluding tert-OH is 1. The normalized spacial score (nSPS) is 35.7. The maximum Gasteiger partial charge on any atom is 0.410 e. The Labute approximate surface area is 114 Å². The number of aliphatic hydroxyl groups is 1. The van der Waals surface area contributed by atoms with Crippen molar-refractivity contribution in [1.82, 2.24) is 4.90 Å². The van der Waals surface area contributed by atoms with E-state index in [0.717, 1.165) is 12.8 Å². The standard InChI is InChI=1S/C14H25NO4/c1-10-7-14(8-11(16)9-18-14)5-6-15(10)12(17)19-13(2,3)4/h10-11,16H,5-9H2,1-4H3. The summed E-state index contributed by atoms with van der Waals surface area (Å²) in [6.07, 6.45) is 1.60. The van der Waals surface area contributed by atoms with Gasteiger partial charge < -0.3 is 19.5 Å². The fourth-order valence-electron chi connectivity index (χ4n) is 3.02. The summed E-state index contributed by atoms with van der Waals surface area (Å²) in [6, 6.07) is 0.0777. The first-order valence-electron chi connectivity index (χ1n) is 7.02. The monoisotopic (exact) mass is 271 g/mol. The molecule has 5 nitrogen and oxygen atoms in total. The van der Waals surface area contributed by atoms with Crippen LogP contribution in [0.25, 0.3) is 0 Å². The fourth-order valence-corrected chi connectivity index (χ4v) is 3.02. The molecule has 3 atom stereocenters. The largest absolute Gasteiger partial charge is 0.444 e. The van der Waals surface area contributed by atoms with Crippen LogP contribution in [0.5, 0.6) is 0 Å². The van der Waals surface area contributed by atoms with E-state index >= 15 is 0 Å². The molecule has 0 aliphatic carbocycles. The van der Waals surface area contributed by atoms with E-state index in [-0.39, 0.29) is 23.8 Å². The van der Waals surface area contributed by atoms with Gasteiger partial charge in [-0.05, 0) is 40.5 Å². The predicted octanol–water partition coefficient (Wildman–Crippen LogP) is 1.93. The molecule has 1 N–H and O–H groups in total. The van der Waals surface area contributed by atoms with Crippen LogP contribution in [-0.2, 0) is 9.47 Å². The number of hydrogen-bond acceptors (Lipinski definition) is 4. The summed E-state index contributed by atoms with van der Waals surface area (Å²) in [7, 11) is 0. The topological polar surface area (TPSA) is 59.0 Å². The summed E-state index contributed by atoms with van der Waals surface area (Å²) in [5.74, 6) is 0. The lowest BCUT2D eigenvalue weighted by molar-refractivity contribution is -0.0652. The molecule has 0 aromatic carbocycles. The Morgan fingerprint density at radius 2 is 2.11 bits per heavy atom. The van der Waals surface area contributed by atoms with Crippen molar-refractivity contribution in [2.24, 2.45) is 0 Å².